The molecule has 3 N–H and O–H groups in total. The molecule has 0 spiro atoms. The molecule has 0 saturated carbocycles. The maximum atomic E-state index is 12.7. The van der Waals surface area contributed by atoms with Crippen molar-refractivity contribution in [3.05, 3.63) is 35.9 Å². The molecule has 152 valence electrons. The second-order valence-corrected chi connectivity index (χ2v) is 6.89. The third-order valence-electron chi connectivity index (χ3n) is 4.71. The first kappa shape index (κ1) is 19.9. The molecular weight excluding hydrogens is 368 g/mol. The van der Waals surface area contributed by atoms with Gasteiger partial charge in [0, 0.05) is 6.54 Å². The average Bonchev–Trinajstić information content (AvgIpc) is 2.90. The second kappa shape index (κ2) is 8.89. The van der Waals surface area contributed by atoms with Gasteiger partial charge in [-0.25, -0.2) is 15.1 Å². The molecule has 2 aliphatic rings. The van der Waals surface area contributed by atoms with E-state index in [-0.39, 0.29) is 25.3 Å². The molecule has 2 bridgehead atoms. The monoisotopic (exact) mass is 392 g/mol. The van der Waals surface area contributed by atoms with Gasteiger partial charge in [-0.05, 0) is 25.3 Å². The predicted molar refractivity (Wildman–Crippen MR) is 96.7 cm³/mol. The molecule has 2 heterocycles. The molecule has 1 aromatic carbocycles. The summed E-state index contributed by atoms with van der Waals surface area (Å²) in [5.41, 5.74) is 3.26. The van der Waals surface area contributed by atoms with Gasteiger partial charge in [-0.1, -0.05) is 30.3 Å². The number of nitrogens with one attached hydrogen (secondary N) is 2. The van der Waals surface area contributed by atoms with Crippen molar-refractivity contribution in [3.8, 4) is 0 Å². The Morgan fingerprint density at radius 2 is 2.04 bits per heavy atom. The fraction of sp³-hybridized carbons (Fsp3) is 0.500. The van der Waals surface area contributed by atoms with Crippen LogP contribution in [0.15, 0.2) is 30.3 Å². The highest BCUT2D eigenvalue weighted by atomic mass is 16.7. The zero-order chi connectivity index (χ0) is 20.1. The third kappa shape index (κ3) is 4.70. The van der Waals surface area contributed by atoms with Crippen LogP contribution in [0.1, 0.15) is 25.3 Å². The molecule has 2 fully saturated rings. The zero-order valence-corrected chi connectivity index (χ0v) is 15.5. The van der Waals surface area contributed by atoms with Gasteiger partial charge in [0.1, 0.15) is 12.6 Å². The number of urea groups is 1. The van der Waals surface area contributed by atoms with Gasteiger partial charge in [-0.2, -0.15) is 5.06 Å². The Kier molecular flexibility index (Phi) is 6.32. The maximum Gasteiger partial charge on any atom is 0.404 e. The molecule has 4 amide bonds. The van der Waals surface area contributed by atoms with Crippen molar-refractivity contribution in [3.63, 3.8) is 0 Å². The van der Waals surface area contributed by atoms with Gasteiger partial charge >= 0.3 is 12.1 Å². The topological polar surface area (TPSA) is 120 Å². The Hall–Kier alpha value is -2.85. The number of fused-ring (bicyclic) bond motifs is 2. The van der Waals surface area contributed by atoms with Crippen LogP contribution in [0, 0.1) is 0 Å². The number of nitrogens with zero attached hydrogens (tertiary/aromatic N) is 2. The van der Waals surface area contributed by atoms with Crippen LogP contribution in [0.4, 0.5) is 9.59 Å². The minimum atomic E-state index is -1.17. The van der Waals surface area contributed by atoms with Crippen LogP contribution in [0.2, 0.25) is 0 Å². The summed E-state index contributed by atoms with van der Waals surface area (Å²) in [7, 11) is 0. The number of hydroxylamine groups is 3. The molecule has 3 rings (SSSR count). The van der Waals surface area contributed by atoms with Gasteiger partial charge in [0.05, 0.1) is 18.7 Å². The molecule has 10 heteroatoms. The first-order valence-electron chi connectivity index (χ1n) is 9.13. The van der Waals surface area contributed by atoms with Crippen molar-refractivity contribution in [2.24, 2.45) is 0 Å². The van der Waals surface area contributed by atoms with Crippen molar-refractivity contribution >= 4 is 18.0 Å². The molecule has 3 atom stereocenters. The zero-order valence-electron chi connectivity index (χ0n) is 15.5. The number of piperidine rings is 1. The number of carboxylic acid groups (broad SMARTS) is 1. The Balaban J connectivity index is 1.49. The van der Waals surface area contributed by atoms with E-state index in [1.807, 2.05) is 30.3 Å². The number of carbonyl (C=O) groups excluding carboxylic acids is 2. The number of hydrogen-bond acceptors (Lipinski definition) is 5. The van der Waals surface area contributed by atoms with Crippen molar-refractivity contribution in [2.75, 3.05) is 13.2 Å². The molecule has 0 aliphatic carbocycles. The molecule has 2 aliphatic heterocycles. The molecular formula is C18H24N4O6. The SMILES string of the molecule is C[C@H](CONC(=O)[C@@H]1CC[C@@H]2CN1C(=O)N2OCc1ccccc1)NC(=O)O. The van der Waals surface area contributed by atoms with Crippen LogP contribution in [-0.4, -0.2) is 64.4 Å². The van der Waals surface area contributed by atoms with E-state index in [0.29, 0.717) is 19.4 Å². The highest BCUT2D eigenvalue weighted by molar-refractivity contribution is 5.88. The fourth-order valence-electron chi connectivity index (χ4n) is 3.35. The first-order chi connectivity index (χ1) is 13.5. The number of benzene rings is 1. The van der Waals surface area contributed by atoms with Crippen LogP contribution in [0.25, 0.3) is 0 Å². The molecule has 2 saturated heterocycles. The van der Waals surface area contributed by atoms with E-state index in [0.717, 1.165) is 5.56 Å². The van der Waals surface area contributed by atoms with Crippen molar-refractivity contribution < 1.29 is 29.2 Å². The maximum absolute atomic E-state index is 12.7. The van der Waals surface area contributed by atoms with E-state index in [4.69, 9.17) is 14.8 Å². The van der Waals surface area contributed by atoms with E-state index in [9.17, 15) is 14.4 Å². The standard InChI is InChI=1S/C18H24N4O6/c1-12(19-17(24)25)10-27-20-16(23)15-8-7-14-9-21(15)18(26)22(14)28-11-13-5-3-2-4-6-13/h2-6,12,14-15,19H,7-11H2,1H3,(H,20,23)(H,24,25)/t12-,14-,15+/m1/s1. The number of hydrogen-bond donors (Lipinski definition) is 3. The molecule has 0 aromatic heterocycles. The Labute approximate surface area is 162 Å². The summed E-state index contributed by atoms with van der Waals surface area (Å²) in [6, 6.07) is 8.01. The molecule has 1 aromatic rings. The Morgan fingerprint density at radius 3 is 2.75 bits per heavy atom. The van der Waals surface area contributed by atoms with E-state index >= 15 is 0 Å². The van der Waals surface area contributed by atoms with Crippen molar-refractivity contribution in [2.45, 2.75) is 44.5 Å². The van der Waals surface area contributed by atoms with Gasteiger partial charge in [0.2, 0.25) is 0 Å². The lowest BCUT2D eigenvalue weighted by atomic mass is 10.0. The minimum absolute atomic E-state index is 0.0202. The van der Waals surface area contributed by atoms with Crippen LogP contribution < -0.4 is 10.8 Å². The molecule has 0 radical (unpaired) electrons. The van der Waals surface area contributed by atoms with Crippen molar-refractivity contribution in [1.82, 2.24) is 20.8 Å². The van der Waals surface area contributed by atoms with Crippen LogP contribution in [0.3, 0.4) is 0 Å². The fourth-order valence-corrected chi connectivity index (χ4v) is 3.35. The highest BCUT2D eigenvalue weighted by Gasteiger charge is 2.48. The largest absolute Gasteiger partial charge is 0.465 e. The smallest absolute Gasteiger partial charge is 0.404 e. The quantitative estimate of drug-likeness (QED) is 0.570. The normalized spacial score (nSPS) is 22.1. The van der Waals surface area contributed by atoms with E-state index < -0.39 is 24.1 Å². The molecule has 0 unspecified atom stereocenters. The summed E-state index contributed by atoms with van der Waals surface area (Å²) in [6.07, 6.45) is -0.0229. The second-order valence-electron chi connectivity index (χ2n) is 6.89. The van der Waals surface area contributed by atoms with E-state index in [2.05, 4.69) is 10.8 Å². The Morgan fingerprint density at radius 1 is 1.29 bits per heavy atom. The molecule has 10 nitrogen and oxygen atoms in total. The van der Waals surface area contributed by atoms with Crippen LogP contribution >= 0.6 is 0 Å². The van der Waals surface area contributed by atoms with Gasteiger partial charge in [0.15, 0.2) is 0 Å². The summed E-state index contributed by atoms with van der Waals surface area (Å²) in [4.78, 5) is 47.9. The summed E-state index contributed by atoms with van der Waals surface area (Å²) in [6.45, 7) is 2.29. The minimum Gasteiger partial charge on any atom is -0.465 e. The highest BCUT2D eigenvalue weighted by Crippen LogP contribution is 2.30. The Bertz CT molecular complexity index is 715. The summed E-state index contributed by atoms with van der Waals surface area (Å²) < 4.78 is 0. The van der Waals surface area contributed by atoms with Gasteiger partial charge in [-0.15, -0.1) is 0 Å². The van der Waals surface area contributed by atoms with Crippen molar-refractivity contribution in [1.29, 1.82) is 0 Å². The summed E-state index contributed by atoms with van der Waals surface area (Å²) in [5.74, 6) is -0.431. The van der Waals surface area contributed by atoms with E-state index in [1.165, 1.54) is 9.96 Å². The average molecular weight is 392 g/mol. The third-order valence-corrected chi connectivity index (χ3v) is 4.71. The number of carbonyl (C=O) groups is 3. The first-order valence-corrected chi connectivity index (χ1v) is 9.13. The lowest BCUT2D eigenvalue weighted by molar-refractivity contribution is -0.141. The van der Waals surface area contributed by atoms with Gasteiger partial charge in [-0.3, -0.25) is 14.5 Å². The summed E-state index contributed by atoms with van der Waals surface area (Å²) in [5, 5.41) is 12.2. The van der Waals surface area contributed by atoms with Gasteiger partial charge < -0.3 is 15.3 Å². The number of amides is 4. The van der Waals surface area contributed by atoms with Crippen LogP contribution in [0.5, 0.6) is 0 Å². The molecule has 28 heavy (non-hydrogen) atoms. The predicted octanol–water partition coefficient (Wildman–Crippen LogP) is 1.09. The van der Waals surface area contributed by atoms with Gasteiger partial charge in [0.25, 0.3) is 5.91 Å². The summed E-state index contributed by atoms with van der Waals surface area (Å²) >= 11 is 0. The van der Waals surface area contributed by atoms with E-state index in [1.54, 1.807) is 6.92 Å². The lowest BCUT2D eigenvalue weighted by Gasteiger charge is -2.29. The lowest BCUT2D eigenvalue weighted by Crippen LogP contribution is -2.50. The van der Waals surface area contributed by atoms with Crippen LogP contribution in [-0.2, 0) is 21.1 Å². The number of rotatable bonds is 8.